The molecule has 0 radical (unpaired) electrons. The van der Waals surface area contributed by atoms with E-state index in [-0.39, 0.29) is 24.5 Å². The molecule has 2 rings (SSSR count). The molecule has 1 aliphatic carbocycles. The Bertz CT molecular complexity index is 517. The number of aliphatic hydroxyl groups excluding tert-OH is 1. The highest BCUT2D eigenvalue weighted by Crippen LogP contribution is 2.29. The lowest BCUT2D eigenvalue weighted by Crippen LogP contribution is -2.37. The Labute approximate surface area is 154 Å². The van der Waals surface area contributed by atoms with Crippen molar-refractivity contribution in [2.75, 3.05) is 6.54 Å². The summed E-state index contributed by atoms with van der Waals surface area (Å²) in [5.74, 6) is -0.510. The molecule has 1 saturated heterocycles. The van der Waals surface area contributed by atoms with Gasteiger partial charge in [0.1, 0.15) is 6.04 Å². The SMILES string of the molecule is O=C(O)CCC/C=C\CC1C(=O)NC(=S)N1CCC(O)C1CCCC1. The van der Waals surface area contributed by atoms with Gasteiger partial charge in [-0.05, 0) is 56.7 Å². The Balaban J connectivity index is 1.78. The van der Waals surface area contributed by atoms with Crippen LogP contribution in [0.2, 0.25) is 0 Å². The lowest BCUT2D eigenvalue weighted by atomic mass is 9.98. The number of nitrogens with zero attached hydrogens (tertiary/aromatic N) is 1. The fraction of sp³-hybridized carbons (Fsp3) is 0.722. The van der Waals surface area contributed by atoms with E-state index in [4.69, 9.17) is 17.3 Å². The Morgan fingerprint density at radius 1 is 1.36 bits per heavy atom. The molecular weight excluding hydrogens is 340 g/mol. The molecule has 2 aliphatic rings. The molecular formula is C18H28N2O4S. The summed E-state index contributed by atoms with van der Waals surface area (Å²) in [7, 11) is 0. The highest BCUT2D eigenvalue weighted by atomic mass is 32.1. The van der Waals surface area contributed by atoms with E-state index in [2.05, 4.69) is 5.32 Å². The standard InChI is InChI=1S/C18H28N2O4S/c21-15(13-7-5-6-8-13)11-12-20-14(17(24)19-18(20)25)9-3-1-2-4-10-16(22)23/h1,3,13-15,21H,2,4-12H2,(H,22,23)(H,19,24,25)/b3-1-. The number of rotatable bonds is 10. The molecule has 0 bridgehead atoms. The summed E-state index contributed by atoms with van der Waals surface area (Å²) in [6, 6.07) is -0.334. The molecule has 0 aromatic carbocycles. The number of thiocarbonyl (C=S) groups is 1. The predicted molar refractivity (Wildman–Crippen MR) is 99.1 cm³/mol. The fourth-order valence-electron chi connectivity index (χ4n) is 3.60. The monoisotopic (exact) mass is 368 g/mol. The van der Waals surface area contributed by atoms with Crippen LogP contribution in [0.4, 0.5) is 0 Å². The number of unbranched alkanes of at least 4 members (excludes halogenated alkanes) is 1. The number of hydrogen-bond donors (Lipinski definition) is 3. The van der Waals surface area contributed by atoms with E-state index < -0.39 is 5.97 Å². The van der Waals surface area contributed by atoms with Crippen LogP contribution in [0.25, 0.3) is 0 Å². The molecule has 1 aliphatic heterocycles. The minimum atomic E-state index is -0.791. The van der Waals surface area contributed by atoms with Crippen LogP contribution in [-0.4, -0.2) is 50.8 Å². The van der Waals surface area contributed by atoms with Gasteiger partial charge in [-0.2, -0.15) is 0 Å². The zero-order valence-electron chi connectivity index (χ0n) is 14.5. The van der Waals surface area contributed by atoms with E-state index in [1.54, 1.807) is 0 Å². The maximum atomic E-state index is 12.1. The van der Waals surface area contributed by atoms with Crippen LogP contribution in [0.1, 0.15) is 57.8 Å². The summed E-state index contributed by atoms with van der Waals surface area (Å²) in [5, 5.41) is 22.1. The molecule has 2 atom stereocenters. The third-order valence-electron chi connectivity index (χ3n) is 5.07. The summed E-state index contributed by atoms with van der Waals surface area (Å²) in [4.78, 5) is 24.4. The Hall–Kier alpha value is -1.47. The van der Waals surface area contributed by atoms with E-state index in [1.807, 2.05) is 17.1 Å². The topological polar surface area (TPSA) is 89.9 Å². The van der Waals surface area contributed by atoms with Gasteiger partial charge in [0, 0.05) is 13.0 Å². The summed E-state index contributed by atoms with van der Waals surface area (Å²) in [6.07, 6.45) is 10.7. The van der Waals surface area contributed by atoms with E-state index in [0.29, 0.717) is 43.3 Å². The van der Waals surface area contributed by atoms with Crippen molar-refractivity contribution in [1.82, 2.24) is 10.2 Å². The molecule has 140 valence electrons. The van der Waals surface area contributed by atoms with Crippen LogP contribution >= 0.6 is 12.2 Å². The lowest BCUT2D eigenvalue weighted by Gasteiger charge is -2.25. The highest BCUT2D eigenvalue weighted by molar-refractivity contribution is 7.80. The van der Waals surface area contributed by atoms with Gasteiger partial charge in [0.2, 0.25) is 5.91 Å². The number of amides is 1. The zero-order chi connectivity index (χ0) is 18.2. The van der Waals surface area contributed by atoms with Crippen LogP contribution in [0.15, 0.2) is 12.2 Å². The van der Waals surface area contributed by atoms with Gasteiger partial charge in [-0.1, -0.05) is 25.0 Å². The summed E-state index contributed by atoms with van der Waals surface area (Å²) in [5.41, 5.74) is 0. The smallest absolute Gasteiger partial charge is 0.303 e. The molecule has 2 unspecified atom stereocenters. The number of carbonyl (C=O) groups is 2. The molecule has 0 aromatic rings. The van der Waals surface area contributed by atoms with Gasteiger partial charge in [0.25, 0.3) is 0 Å². The maximum absolute atomic E-state index is 12.1. The number of aliphatic carboxylic acids is 1. The molecule has 0 spiro atoms. The van der Waals surface area contributed by atoms with Gasteiger partial charge in [0.05, 0.1) is 6.10 Å². The van der Waals surface area contributed by atoms with Crippen molar-refractivity contribution in [3.63, 3.8) is 0 Å². The number of aliphatic hydroxyl groups is 1. The number of carbonyl (C=O) groups excluding carboxylic acids is 1. The van der Waals surface area contributed by atoms with Crippen LogP contribution in [0, 0.1) is 5.92 Å². The second-order valence-electron chi connectivity index (χ2n) is 6.90. The van der Waals surface area contributed by atoms with Crippen LogP contribution in [0.5, 0.6) is 0 Å². The van der Waals surface area contributed by atoms with Gasteiger partial charge in [-0.25, -0.2) is 0 Å². The molecule has 1 heterocycles. The molecule has 1 amide bonds. The average Bonchev–Trinajstić information content (AvgIpc) is 3.17. The Morgan fingerprint density at radius 2 is 2.08 bits per heavy atom. The molecule has 2 fully saturated rings. The Morgan fingerprint density at radius 3 is 2.76 bits per heavy atom. The van der Waals surface area contributed by atoms with Crippen LogP contribution in [0.3, 0.4) is 0 Å². The van der Waals surface area contributed by atoms with Crippen molar-refractivity contribution in [3.05, 3.63) is 12.2 Å². The molecule has 1 saturated carbocycles. The number of carboxylic acids is 1. The molecule has 7 heteroatoms. The van der Waals surface area contributed by atoms with Crippen molar-refractivity contribution in [3.8, 4) is 0 Å². The van der Waals surface area contributed by atoms with Gasteiger partial charge < -0.3 is 20.4 Å². The predicted octanol–water partition coefficient (Wildman–Crippen LogP) is 2.21. The first-order valence-corrected chi connectivity index (χ1v) is 9.56. The van der Waals surface area contributed by atoms with Crippen molar-refractivity contribution >= 4 is 29.2 Å². The third-order valence-corrected chi connectivity index (χ3v) is 5.40. The fourth-order valence-corrected chi connectivity index (χ4v) is 3.92. The largest absolute Gasteiger partial charge is 0.481 e. The van der Waals surface area contributed by atoms with E-state index in [9.17, 15) is 14.7 Å². The van der Waals surface area contributed by atoms with Gasteiger partial charge in [-0.15, -0.1) is 0 Å². The van der Waals surface area contributed by atoms with Crippen LogP contribution in [-0.2, 0) is 9.59 Å². The molecule has 0 aromatic heterocycles. The summed E-state index contributed by atoms with van der Waals surface area (Å²) >= 11 is 5.25. The average molecular weight is 368 g/mol. The minimum Gasteiger partial charge on any atom is -0.481 e. The first-order valence-electron chi connectivity index (χ1n) is 9.15. The third kappa shape index (κ3) is 6.08. The van der Waals surface area contributed by atoms with Crippen LogP contribution < -0.4 is 5.32 Å². The second-order valence-corrected chi connectivity index (χ2v) is 7.28. The Kier molecular flexibility index (Phi) is 7.84. The van der Waals surface area contributed by atoms with E-state index >= 15 is 0 Å². The van der Waals surface area contributed by atoms with Crippen molar-refractivity contribution in [2.24, 2.45) is 5.92 Å². The van der Waals surface area contributed by atoms with Gasteiger partial charge in [0.15, 0.2) is 5.11 Å². The summed E-state index contributed by atoms with van der Waals surface area (Å²) < 4.78 is 0. The van der Waals surface area contributed by atoms with Crippen molar-refractivity contribution < 1.29 is 19.8 Å². The second kappa shape index (κ2) is 9.87. The maximum Gasteiger partial charge on any atom is 0.303 e. The van der Waals surface area contributed by atoms with Gasteiger partial charge >= 0.3 is 5.97 Å². The van der Waals surface area contributed by atoms with E-state index in [1.165, 1.54) is 12.8 Å². The summed E-state index contributed by atoms with van der Waals surface area (Å²) in [6.45, 7) is 0.576. The van der Waals surface area contributed by atoms with Crippen molar-refractivity contribution in [1.29, 1.82) is 0 Å². The number of carboxylic acid groups (broad SMARTS) is 1. The first kappa shape index (κ1) is 19.8. The van der Waals surface area contributed by atoms with E-state index in [0.717, 1.165) is 12.8 Å². The lowest BCUT2D eigenvalue weighted by molar-refractivity contribution is -0.137. The molecule has 3 N–H and O–H groups in total. The minimum absolute atomic E-state index is 0.101. The number of allylic oxidation sites excluding steroid dienone is 1. The molecule has 6 nitrogen and oxygen atoms in total. The molecule has 25 heavy (non-hydrogen) atoms. The van der Waals surface area contributed by atoms with Crippen molar-refractivity contribution in [2.45, 2.75) is 69.9 Å². The normalized spacial score (nSPS) is 22.8. The first-order chi connectivity index (χ1) is 12.0. The highest BCUT2D eigenvalue weighted by Gasteiger charge is 2.35. The quantitative estimate of drug-likeness (QED) is 0.311. The number of nitrogens with one attached hydrogen (secondary N) is 1. The van der Waals surface area contributed by atoms with Gasteiger partial charge in [-0.3, -0.25) is 9.59 Å². The zero-order valence-corrected chi connectivity index (χ0v) is 15.3. The number of hydrogen-bond acceptors (Lipinski definition) is 4.